The standard InChI is InChI=1S/C10H16N4O2/c1-13-6-9(11-12-13)7-14-4-3-8(5-14)10(15)16-2/h6,8H,3-5,7H2,1-2H3. The van der Waals surface area contributed by atoms with Crippen LogP contribution >= 0.6 is 0 Å². The highest BCUT2D eigenvalue weighted by molar-refractivity contribution is 5.72. The minimum Gasteiger partial charge on any atom is -0.469 e. The summed E-state index contributed by atoms with van der Waals surface area (Å²) in [7, 11) is 3.28. The van der Waals surface area contributed by atoms with E-state index in [9.17, 15) is 4.79 Å². The lowest BCUT2D eigenvalue weighted by Gasteiger charge is -2.12. The van der Waals surface area contributed by atoms with E-state index < -0.39 is 0 Å². The molecular weight excluding hydrogens is 208 g/mol. The summed E-state index contributed by atoms with van der Waals surface area (Å²) in [5.74, 6) is -0.0942. The molecule has 6 heteroatoms. The third-order valence-electron chi connectivity index (χ3n) is 2.84. The fourth-order valence-electron chi connectivity index (χ4n) is 2.03. The summed E-state index contributed by atoms with van der Waals surface area (Å²) in [5, 5.41) is 7.90. The molecule has 1 aromatic rings. The van der Waals surface area contributed by atoms with Crippen molar-refractivity contribution < 1.29 is 9.53 Å². The van der Waals surface area contributed by atoms with Crippen LogP contribution in [0.15, 0.2) is 6.20 Å². The fraction of sp³-hybridized carbons (Fsp3) is 0.700. The average Bonchev–Trinajstić information content (AvgIpc) is 2.87. The SMILES string of the molecule is COC(=O)C1CCN(Cc2cn(C)nn2)C1. The molecule has 0 spiro atoms. The molecule has 1 atom stereocenters. The van der Waals surface area contributed by atoms with Crippen LogP contribution in [0, 0.1) is 5.92 Å². The number of methoxy groups -OCH3 is 1. The highest BCUT2D eigenvalue weighted by Crippen LogP contribution is 2.18. The zero-order valence-electron chi connectivity index (χ0n) is 9.59. The molecule has 0 saturated carbocycles. The summed E-state index contributed by atoms with van der Waals surface area (Å²) in [6, 6.07) is 0. The van der Waals surface area contributed by atoms with Crippen molar-refractivity contribution in [3.63, 3.8) is 0 Å². The maximum atomic E-state index is 11.3. The van der Waals surface area contributed by atoms with E-state index in [-0.39, 0.29) is 11.9 Å². The molecule has 1 fully saturated rings. The minimum atomic E-state index is -0.110. The monoisotopic (exact) mass is 224 g/mol. The summed E-state index contributed by atoms with van der Waals surface area (Å²) < 4.78 is 6.42. The Hall–Kier alpha value is -1.43. The molecule has 2 heterocycles. The summed E-state index contributed by atoms with van der Waals surface area (Å²) in [6.07, 6.45) is 2.76. The predicted octanol–water partition coefficient (Wildman–Crippen LogP) is -0.190. The second kappa shape index (κ2) is 4.61. The zero-order chi connectivity index (χ0) is 11.5. The molecule has 0 aromatic carbocycles. The van der Waals surface area contributed by atoms with E-state index in [1.165, 1.54) is 7.11 Å². The molecule has 16 heavy (non-hydrogen) atoms. The van der Waals surface area contributed by atoms with Gasteiger partial charge in [-0.05, 0) is 13.0 Å². The van der Waals surface area contributed by atoms with E-state index in [4.69, 9.17) is 4.74 Å². The molecule has 0 aliphatic carbocycles. The lowest BCUT2D eigenvalue weighted by atomic mass is 10.1. The van der Waals surface area contributed by atoms with Gasteiger partial charge in [-0.1, -0.05) is 5.21 Å². The third kappa shape index (κ3) is 2.38. The number of aromatic nitrogens is 3. The molecule has 0 bridgehead atoms. The smallest absolute Gasteiger partial charge is 0.310 e. The van der Waals surface area contributed by atoms with E-state index in [1.807, 2.05) is 13.2 Å². The van der Waals surface area contributed by atoms with Crippen LogP contribution in [-0.4, -0.2) is 46.1 Å². The largest absolute Gasteiger partial charge is 0.469 e. The Morgan fingerprint density at radius 3 is 3.12 bits per heavy atom. The van der Waals surface area contributed by atoms with Crippen molar-refractivity contribution in [2.45, 2.75) is 13.0 Å². The average molecular weight is 224 g/mol. The maximum absolute atomic E-state index is 11.3. The van der Waals surface area contributed by atoms with Crippen LogP contribution in [0.4, 0.5) is 0 Å². The molecular formula is C10H16N4O2. The normalized spacial score (nSPS) is 21.2. The number of likely N-dealkylation sites (tertiary alicyclic amines) is 1. The number of aryl methyl sites for hydroxylation is 1. The van der Waals surface area contributed by atoms with E-state index in [0.717, 1.165) is 31.7 Å². The Balaban J connectivity index is 1.87. The van der Waals surface area contributed by atoms with Gasteiger partial charge in [0.15, 0.2) is 0 Å². The topological polar surface area (TPSA) is 60.2 Å². The number of hydrogen-bond acceptors (Lipinski definition) is 5. The number of carbonyl (C=O) groups excluding carboxylic acids is 1. The van der Waals surface area contributed by atoms with Crippen LogP contribution in [0.3, 0.4) is 0 Å². The van der Waals surface area contributed by atoms with E-state index >= 15 is 0 Å². The first kappa shape index (κ1) is 11.1. The summed E-state index contributed by atoms with van der Waals surface area (Å²) in [5.41, 5.74) is 0.938. The van der Waals surface area contributed by atoms with Gasteiger partial charge in [0.1, 0.15) is 0 Å². The number of nitrogens with zero attached hydrogens (tertiary/aromatic N) is 4. The molecule has 88 valence electrons. The van der Waals surface area contributed by atoms with Crippen molar-refractivity contribution in [1.82, 2.24) is 19.9 Å². The van der Waals surface area contributed by atoms with Gasteiger partial charge in [0.2, 0.25) is 0 Å². The van der Waals surface area contributed by atoms with Gasteiger partial charge in [-0.15, -0.1) is 5.10 Å². The summed E-state index contributed by atoms with van der Waals surface area (Å²) in [6.45, 7) is 2.42. The highest BCUT2D eigenvalue weighted by Gasteiger charge is 2.29. The second-order valence-corrected chi connectivity index (χ2v) is 4.13. The Morgan fingerprint density at radius 2 is 2.50 bits per heavy atom. The first-order valence-electron chi connectivity index (χ1n) is 5.34. The Bertz CT molecular complexity index is 377. The van der Waals surface area contributed by atoms with Crippen LogP contribution in [0.25, 0.3) is 0 Å². The second-order valence-electron chi connectivity index (χ2n) is 4.13. The highest BCUT2D eigenvalue weighted by atomic mass is 16.5. The molecule has 1 aromatic heterocycles. The van der Waals surface area contributed by atoms with Gasteiger partial charge in [-0.25, -0.2) is 0 Å². The van der Waals surface area contributed by atoms with Crippen molar-refractivity contribution >= 4 is 5.97 Å². The Kier molecular flexibility index (Phi) is 3.19. The molecule has 0 radical (unpaired) electrons. The number of hydrogen-bond donors (Lipinski definition) is 0. The number of ether oxygens (including phenoxy) is 1. The van der Waals surface area contributed by atoms with Gasteiger partial charge in [0, 0.05) is 26.3 Å². The number of carbonyl (C=O) groups is 1. The first-order valence-corrected chi connectivity index (χ1v) is 5.34. The molecule has 1 unspecified atom stereocenters. The van der Waals surface area contributed by atoms with E-state index in [0.29, 0.717) is 0 Å². The number of esters is 1. The summed E-state index contributed by atoms with van der Waals surface area (Å²) >= 11 is 0. The van der Waals surface area contributed by atoms with E-state index in [1.54, 1.807) is 4.68 Å². The molecule has 1 aliphatic rings. The van der Waals surface area contributed by atoms with Crippen molar-refractivity contribution in [2.24, 2.45) is 13.0 Å². The van der Waals surface area contributed by atoms with Crippen molar-refractivity contribution in [3.05, 3.63) is 11.9 Å². The van der Waals surface area contributed by atoms with Crippen LogP contribution in [0.1, 0.15) is 12.1 Å². The molecule has 0 N–H and O–H groups in total. The maximum Gasteiger partial charge on any atom is 0.310 e. The van der Waals surface area contributed by atoms with E-state index in [2.05, 4.69) is 15.2 Å². The molecule has 6 nitrogen and oxygen atoms in total. The third-order valence-corrected chi connectivity index (χ3v) is 2.84. The van der Waals surface area contributed by atoms with Crippen LogP contribution in [0.2, 0.25) is 0 Å². The molecule has 2 rings (SSSR count). The van der Waals surface area contributed by atoms with Crippen LogP contribution in [0.5, 0.6) is 0 Å². The number of rotatable bonds is 3. The lowest BCUT2D eigenvalue weighted by molar-refractivity contribution is -0.144. The van der Waals surface area contributed by atoms with Crippen LogP contribution < -0.4 is 0 Å². The van der Waals surface area contributed by atoms with Gasteiger partial charge >= 0.3 is 5.97 Å². The Morgan fingerprint density at radius 1 is 1.69 bits per heavy atom. The molecule has 1 saturated heterocycles. The Labute approximate surface area is 94.2 Å². The van der Waals surface area contributed by atoms with Gasteiger partial charge in [0.25, 0.3) is 0 Å². The van der Waals surface area contributed by atoms with Crippen molar-refractivity contribution in [1.29, 1.82) is 0 Å². The zero-order valence-corrected chi connectivity index (χ0v) is 9.59. The predicted molar refractivity (Wildman–Crippen MR) is 56.4 cm³/mol. The minimum absolute atomic E-state index is 0.0154. The van der Waals surface area contributed by atoms with Crippen molar-refractivity contribution in [2.75, 3.05) is 20.2 Å². The first-order chi connectivity index (χ1) is 7.69. The van der Waals surface area contributed by atoms with Gasteiger partial charge in [-0.2, -0.15) is 0 Å². The van der Waals surface area contributed by atoms with Gasteiger partial charge < -0.3 is 4.74 Å². The quantitative estimate of drug-likeness (QED) is 0.666. The van der Waals surface area contributed by atoms with Crippen LogP contribution in [-0.2, 0) is 23.1 Å². The molecule has 0 amide bonds. The lowest BCUT2D eigenvalue weighted by Crippen LogP contribution is -2.23. The van der Waals surface area contributed by atoms with Gasteiger partial charge in [0.05, 0.1) is 18.7 Å². The fourth-order valence-corrected chi connectivity index (χ4v) is 2.03. The summed E-state index contributed by atoms with van der Waals surface area (Å²) in [4.78, 5) is 13.5. The van der Waals surface area contributed by atoms with Crippen molar-refractivity contribution in [3.8, 4) is 0 Å². The van der Waals surface area contributed by atoms with Gasteiger partial charge in [-0.3, -0.25) is 14.4 Å². The molecule has 1 aliphatic heterocycles.